The van der Waals surface area contributed by atoms with Gasteiger partial charge >= 0.3 is 0 Å². The Balaban J connectivity index is 1.47. The summed E-state index contributed by atoms with van der Waals surface area (Å²) >= 11 is 1.76. The summed E-state index contributed by atoms with van der Waals surface area (Å²) in [7, 11) is 0. The third-order valence-electron chi connectivity index (χ3n) is 5.33. The number of benzene rings is 1. The zero-order chi connectivity index (χ0) is 21.0. The Bertz CT molecular complexity index is 860. The van der Waals surface area contributed by atoms with Gasteiger partial charge in [-0.3, -0.25) is 4.40 Å². The van der Waals surface area contributed by atoms with Gasteiger partial charge in [0.2, 0.25) is 0 Å². The van der Waals surface area contributed by atoms with E-state index in [1.807, 2.05) is 0 Å². The molecule has 0 spiro atoms. The topological polar surface area (TPSA) is 26.5 Å². The van der Waals surface area contributed by atoms with Crippen molar-refractivity contribution in [2.75, 3.05) is 6.61 Å². The highest BCUT2D eigenvalue weighted by atomic mass is 32.1. The van der Waals surface area contributed by atoms with Crippen LogP contribution in [0.5, 0.6) is 5.75 Å². The van der Waals surface area contributed by atoms with E-state index in [2.05, 4.69) is 67.1 Å². The summed E-state index contributed by atoms with van der Waals surface area (Å²) in [5.41, 5.74) is 2.44. The van der Waals surface area contributed by atoms with Gasteiger partial charge in [0, 0.05) is 12.4 Å². The predicted octanol–water partition coefficient (Wildman–Crippen LogP) is 8.09. The largest absolute Gasteiger partial charge is 0.493 e. The molecule has 0 fully saturated rings. The van der Waals surface area contributed by atoms with E-state index in [-0.39, 0.29) is 0 Å². The summed E-state index contributed by atoms with van der Waals surface area (Å²) in [6.07, 6.45) is 21.2. The van der Waals surface area contributed by atoms with Crippen molar-refractivity contribution in [2.45, 2.75) is 78.1 Å². The second kappa shape index (κ2) is 12.6. The van der Waals surface area contributed by atoms with Crippen LogP contribution >= 0.6 is 11.3 Å². The molecule has 162 valence electrons. The number of ether oxygens (including phenoxy) is 1. The van der Waals surface area contributed by atoms with Crippen molar-refractivity contribution in [2.24, 2.45) is 0 Å². The third-order valence-corrected chi connectivity index (χ3v) is 6.37. The van der Waals surface area contributed by atoms with E-state index in [0.717, 1.165) is 30.2 Å². The highest BCUT2D eigenvalue weighted by Gasteiger charge is 2.08. The summed E-state index contributed by atoms with van der Waals surface area (Å²) in [5.74, 6) is 0.937. The minimum Gasteiger partial charge on any atom is -0.493 e. The van der Waals surface area contributed by atoms with Gasteiger partial charge in [0.25, 0.3) is 0 Å². The molecular weight excluding hydrogens is 388 g/mol. The smallest absolute Gasteiger partial charge is 0.194 e. The molecule has 0 atom stereocenters. The first-order valence-corrected chi connectivity index (χ1v) is 12.5. The number of thiazole rings is 1. The molecule has 3 aromatic rings. The second-order valence-corrected chi connectivity index (χ2v) is 8.97. The molecule has 0 N–H and O–H groups in total. The van der Waals surface area contributed by atoms with Crippen molar-refractivity contribution < 1.29 is 4.74 Å². The van der Waals surface area contributed by atoms with Gasteiger partial charge in [-0.25, -0.2) is 4.98 Å². The quantitative estimate of drug-likeness (QED) is 0.193. The van der Waals surface area contributed by atoms with Gasteiger partial charge in [-0.2, -0.15) is 0 Å². The first-order chi connectivity index (χ1) is 14.8. The highest BCUT2D eigenvalue weighted by Crippen LogP contribution is 2.30. The van der Waals surface area contributed by atoms with Crippen LogP contribution in [0.25, 0.3) is 15.4 Å². The van der Waals surface area contributed by atoms with Gasteiger partial charge in [-0.05, 0) is 55.5 Å². The van der Waals surface area contributed by atoms with Crippen LogP contribution in [-0.2, 0) is 6.42 Å². The Labute approximate surface area is 185 Å². The van der Waals surface area contributed by atoms with Crippen LogP contribution in [0, 0.1) is 0 Å². The maximum Gasteiger partial charge on any atom is 0.194 e. The average Bonchev–Trinajstić information content (AvgIpc) is 3.32. The number of rotatable bonds is 14. The molecule has 0 saturated heterocycles. The van der Waals surface area contributed by atoms with Gasteiger partial charge < -0.3 is 4.74 Å². The normalized spacial score (nSPS) is 11.7. The Hall–Kier alpha value is -2.07. The second-order valence-electron chi connectivity index (χ2n) is 7.96. The lowest BCUT2D eigenvalue weighted by molar-refractivity contribution is 0.325. The van der Waals surface area contributed by atoms with Crippen LogP contribution in [-0.4, -0.2) is 16.0 Å². The van der Waals surface area contributed by atoms with Crippen LogP contribution in [0.15, 0.2) is 48.8 Å². The van der Waals surface area contributed by atoms with Crippen molar-refractivity contribution in [3.8, 4) is 16.2 Å². The lowest BCUT2D eigenvalue weighted by Gasteiger charge is -2.05. The van der Waals surface area contributed by atoms with Gasteiger partial charge in [0.15, 0.2) is 4.96 Å². The number of hydrogen-bond donors (Lipinski definition) is 0. The molecule has 3 nitrogen and oxygen atoms in total. The lowest BCUT2D eigenvalue weighted by atomic mass is 10.1. The molecule has 0 aliphatic heterocycles. The average molecular weight is 425 g/mol. The molecule has 3 rings (SSSR count). The predicted molar refractivity (Wildman–Crippen MR) is 130 cm³/mol. The van der Waals surface area contributed by atoms with Crippen molar-refractivity contribution in [3.63, 3.8) is 0 Å². The van der Waals surface area contributed by atoms with Crippen LogP contribution in [0.4, 0.5) is 0 Å². The minimum absolute atomic E-state index is 0.732. The maximum absolute atomic E-state index is 5.86. The van der Waals surface area contributed by atoms with E-state index in [0.29, 0.717) is 0 Å². The number of nitrogens with zero attached hydrogens (tertiary/aromatic N) is 2. The van der Waals surface area contributed by atoms with Gasteiger partial charge in [-0.15, -0.1) is 0 Å². The SMILES string of the molecule is CCCCC=CCCOc1ccc(-c2cn3cc(CCCCCCC)nc3s2)cc1. The standard InChI is InChI=1S/C26H36N2OS/c1-3-5-7-9-11-13-19-29-24-17-15-22(16-18-24)25-21-28-20-23(27-26(28)30-25)14-12-10-8-6-4-2/h9,11,15-18,20-21H,3-8,10,12-14,19H2,1-2H3. The number of imidazole rings is 1. The van der Waals surface area contributed by atoms with Crippen LogP contribution in [0.1, 0.15) is 77.3 Å². The Morgan fingerprint density at radius 3 is 2.43 bits per heavy atom. The fourth-order valence-corrected chi connectivity index (χ4v) is 4.52. The molecule has 0 saturated carbocycles. The number of hydrogen-bond acceptors (Lipinski definition) is 3. The van der Waals surface area contributed by atoms with E-state index < -0.39 is 0 Å². The fourth-order valence-electron chi connectivity index (χ4n) is 3.53. The number of aryl methyl sites for hydroxylation is 1. The molecule has 0 aliphatic carbocycles. The van der Waals surface area contributed by atoms with Crippen LogP contribution < -0.4 is 4.74 Å². The monoisotopic (exact) mass is 424 g/mol. The first-order valence-electron chi connectivity index (χ1n) is 11.7. The van der Waals surface area contributed by atoms with Crippen LogP contribution in [0.2, 0.25) is 0 Å². The maximum atomic E-state index is 5.86. The van der Waals surface area contributed by atoms with E-state index in [1.165, 1.54) is 67.5 Å². The molecule has 30 heavy (non-hydrogen) atoms. The summed E-state index contributed by atoms with van der Waals surface area (Å²) in [6.45, 7) is 5.22. The number of allylic oxidation sites excluding steroid dienone is 1. The molecule has 0 aliphatic rings. The summed E-state index contributed by atoms with van der Waals surface area (Å²) in [6, 6.07) is 8.43. The first kappa shape index (κ1) is 22.6. The zero-order valence-electron chi connectivity index (χ0n) is 18.6. The zero-order valence-corrected chi connectivity index (χ0v) is 19.4. The van der Waals surface area contributed by atoms with Crippen molar-refractivity contribution >= 4 is 16.3 Å². The summed E-state index contributed by atoms with van der Waals surface area (Å²) in [4.78, 5) is 7.16. The van der Waals surface area contributed by atoms with Gasteiger partial charge in [0.05, 0.1) is 17.2 Å². The summed E-state index contributed by atoms with van der Waals surface area (Å²) in [5, 5.41) is 0. The number of fused-ring (bicyclic) bond motifs is 1. The fraction of sp³-hybridized carbons (Fsp3) is 0.500. The van der Waals surface area contributed by atoms with Gasteiger partial charge in [-0.1, -0.05) is 75.9 Å². The van der Waals surface area contributed by atoms with Crippen molar-refractivity contribution in [1.29, 1.82) is 0 Å². The number of aromatic nitrogens is 2. The Kier molecular flexibility index (Phi) is 9.49. The molecule has 2 aromatic heterocycles. The van der Waals surface area contributed by atoms with Crippen LogP contribution in [0.3, 0.4) is 0 Å². The molecule has 2 heterocycles. The molecule has 0 radical (unpaired) electrons. The van der Waals surface area contributed by atoms with E-state index in [4.69, 9.17) is 9.72 Å². The summed E-state index contributed by atoms with van der Waals surface area (Å²) < 4.78 is 8.04. The van der Waals surface area contributed by atoms with E-state index in [9.17, 15) is 0 Å². The van der Waals surface area contributed by atoms with E-state index in [1.54, 1.807) is 11.3 Å². The Morgan fingerprint density at radius 2 is 1.67 bits per heavy atom. The van der Waals surface area contributed by atoms with Crippen molar-refractivity contribution in [3.05, 3.63) is 54.5 Å². The molecule has 1 aromatic carbocycles. The third kappa shape index (κ3) is 7.02. The molecular formula is C26H36N2OS. The molecule has 4 heteroatoms. The van der Waals surface area contributed by atoms with Gasteiger partial charge in [0.1, 0.15) is 5.75 Å². The molecule has 0 bridgehead atoms. The lowest BCUT2D eigenvalue weighted by Crippen LogP contribution is -1.95. The Morgan fingerprint density at radius 1 is 0.900 bits per heavy atom. The minimum atomic E-state index is 0.732. The highest BCUT2D eigenvalue weighted by molar-refractivity contribution is 7.20. The van der Waals surface area contributed by atoms with E-state index >= 15 is 0 Å². The van der Waals surface area contributed by atoms with Crippen molar-refractivity contribution in [1.82, 2.24) is 9.38 Å². The molecule has 0 unspecified atom stereocenters. The number of unbranched alkanes of at least 4 members (excludes halogenated alkanes) is 6. The molecule has 0 amide bonds.